The lowest BCUT2D eigenvalue weighted by atomic mass is 10.1. The Hall–Kier alpha value is -1.29. The summed E-state index contributed by atoms with van der Waals surface area (Å²) in [6, 6.07) is 5.16. The summed E-state index contributed by atoms with van der Waals surface area (Å²) in [5, 5.41) is 5.06. The predicted octanol–water partition coefficient (Wildman–Crippen LogP) is 1.66. The van der Waals surface area contributed by atoms with Crippen LogP contribution in [0.4, 0.5) is 8.78 Å². The first kappa shape index (κ1) is 22.8. The first-order valence-electron chi connectivity index (χ1n) is 8.06. The van der Waals surface area contributed by atoms with Gasteiger partial charge in [-0.15, -0.1) is 12.4 Å². The monoisotopic (exact) mass is 411 g/mol. The number of alkyl halides is 2. The predicted molar refractivity (Wildman–Crippen MR) is 96.9 cm³/mol. The Bertz CT molecular complexity index is 712. The van der Waals surface area contributed by atoms with Crippen molar-refractivity contribution in [3.8, 4) is 0 Å². The maximum absolute atomic E-state index is 13.1. The molecule has 0 saturated carbocycles. The van der Waals surface area contributed by atoms with E-state index >= 15 is 0 Å². The molecule has 0 aliphatic carbocycles. The van der Waals surface area contributed by atoms with Crippen molar-refractivity contribution in [1.82, 2.24) is 15.4 Å². The fourth-order valence-electron chi connectivity index (χ4n) is 2.36. The van der Waals surface area contributed by atoms with Gasteiger partial charge in [0.05, 0.1) is 17.5 Å². The summed E-state index contributed by atoms with van der Waals surface area (Å²) < 4.78 is 52.9. The maximum atomic E-state index is 13.1. The molecule has 26 heavy (non-hydrogen) atoms. The van der Waals surface area contributed by atoms with Crippen LogP contribution < -0.4 is 15.4 Å². The van der Waals surface area contributed by atoms with Crippen molar-refractivity contribution >= 4 is 28.3 Å². The van der Waals surface area contributed by atoms with Crippen LogP contribution in [-0.4, -0.2) is 39.4 Å². The number of carbonyl (C=O) groups excluding carboxylic acids is 1. The smallest absolute Gasteiger partial charge is 0.262 e. The lowest BCUT2D eigenvalue weighted by molar-refractivity contribution is -0.123. The van der Waals surface area contributed by atoms with Crippen molar-refractivity contribution in [3.05, 3.63) is 29.8 Å². The van der Waals surface area contributed by atoms with E-state index in [-0.39, 0.29) is 29.8 Å². The van der Waals surface area contributed by atoms with E-state index in [1.165, 1.54) is 12.1 Å². The van der Waals surface area contributed by atoms with Crippen LogP contribution >= 0.6 is 12.4 Å². The highest BCUT2D eigenvalue weighted by atomic mass is 35.5. The van der Waals surface area contributed by atoms with E-state index in [1.54, 1.807) is 12.1 Å². The number of rotatable bonds is 7. The van der Waals surface area contributed by atoms with E-state index < -0.39 is 40.9 Å². The number of sulfonamides is 1. The van der Waals surface area contributed by atoms with Crippen molar-refractivity contribution in [3.63, 3.8) is 0 Å². The van der Waals surface area contributed by atoms with Crippen LogP contribution in [0.5, 0.6) is 0 Å². The van der Waals surface area contributed by atoms with Crippen molar-refractivity contribution < 1.29 is 22.0 Å². The van der Waals surface area contributed by atoms with Gasteiger partial charge in [-0.05, 0) is 23.6 Å². The normalized spacial score (nSPS) is 19.2. The minimum absolute atomic E-state index is 0. The quantitative estimate of drug-likeness (QED) is 0.636. The summed E-state index contributed by atoms with van der Waals surface area (Å²) in [6.45, 7) is 3.80. The largest absolute Gasteiger partial charge is 0.351 e. The van der Waals surface area contributed by atoms with Gasteiger partial charge in [0.25, 0.3) is 5.92 Å². The third-order valence-electron chi connectivity index (χ3n) is 3.81. The minimum atomic E-state index is -3.56. The van der Waals surface area contributed by atoms with Gasteiger partial charge in [0.2, 0.25) is 15.9 Å². The molecule has 1 aliphatic heterocycles. The summed E-state index contributed by atoms with van der Waals surface area (Å²) >= 11 is 0. The summed E-state index contributed by atoms with van der Waals surface area (Å²) in [7, 11) is -3.56. The molecular formula is C16H24ClF2N3O3S. The Balaban J connectivity index is 0.00000338. The molecule has 148 valence electrons. The lowest BCUT2D eigenvalue weighted by Gasteiger charge is -2.12. The molecule has 1 aliphatic rings. The minimum Gasteiger partial charge on any atom is -0.351 e. The Kier molecular flexibility index (Phi) is 7.94. The van der Waals surface area contributed by atoms with E-state index in [0.29, 0.717) is 12.1 Å². The zero-order chi connectivity index (χ0) is 18.7. The van der Waals surface area contributed by atoms with E-state index in [4.69, 9.17) is 0 Å². The van der Waals surface area contributed by atoms with Gasteiger partial charge in [-0.25, -0.2) is 21.9 Å². The van der Waals surface area contributed by atoms with Gasteiger partial charge in [-0.3, -0.25) is 10.1 Å². The Morgan fingerprint density at radius 3 is 2.42 bits per heavy atom. The van der Waals surface area contributed by atoms with Crippen LogP contribution in [0.2, 0.25) is 0 Å². The first-order chi connectivity index (χ1) is 11.6. The molecule has 0 bridgehead atoms. The number of halogens is 3. The molecule has 6 nitrogen and oxygen atoms in total. The number of benzene rings is 1. The van der Waals surface area contributed by atoms with Crippen LogP contribution in [-0.2, 0) is 21.4 Å². The van der Waals surface area contributed by atoms with Gasteiger partial charge in [0.1, 0.15) is 0 Å². The van der Waals surface area contributed by atoms with Gasteiger partial charge in [-0.1, -0.05) is 26.0 Å². The Morgan fingerprint density at radius 1 is 1.31 bits per heavy atom. The van der Waals surface area contributed by atoms with Gasteiger partial charge in [-0.2, -0.15) is 0 Å². The van der Waals surface area contributed by atoms with Crippen molar-refractivity contribution in [1.29, 1.82) is 0 Å². The molecule has 1 atom stereocenters. The second kappa shape index (κ2) is 9.07. The SMILES string of the molecule is CC(C)CNS(=O)(=O)c1ccc(CNC(=O)C2CC(F)(F)CN2)cc1.Cl. The number of amides is 1. The van der Waals surface area contributed by atoms with Crippen LogP contribution in [0.1, 0.15) is 25.8 Å². The molecule has 10 heteroatoms. The number of hydrogen-bond donors (Lipinski definition) is 3. The number of hydrogen-bond acceptors (Lipinski definition) is 4. The van der Waals surface area contributed by atoms with Crippen molar-refractivity contribution in [2.75, 3.05) is 13.1 Å². The molecule has 0 spiro atoms. The fraction of sp³-hybridized carbons (Fsp3) is 0.562. The molecule has 1 saturated heterocycles. The zero-order valence-electron chi connectivity index (χ0n) is 14.6. The van der Waals surface area contributed by atoms with Crippen LogP contribution in [0, 0.1) is 5.92 Å². The molecule has 0 aromatic heterocycles. The highest BCUT2D eigenvalue weighted by molar-refractivity contribution is 7.89. The molecule has 0 radical (unpaired) electrons. The van der Waals surface area contributed by atoms with Crippen LogP contribution in [0.15, 0.2) is 29.2 Å². The van der Waals surface area contributed by atoms with E-state index in [9.17, 15) is 22.0 Å². The highest BCUT2D eigenvalue weighted by Crippen LogP contribution is 2.25. The second-order valence-electron chi connectivity index (χ2n) is 6.60. The third kappa shape index (κ3) is 6.46. The summed E-state index contributed by atoms with van der Waals surface area (Å²) in [5.41, 5.74) is 0.681. The van der Waals surface area contributed by atoms with Gasteiger partial charge in [0.15, 0.2) is 0 Å². The number of nitrogens with one attached hydrogen (secondary N) is 3. The third-order valence-corrected chi connectivity index (χ3v) is 5.25. The van der Waals surface area contributed by atoms with Gasteiger partial charge >= 0.3 is 0 Å². The molecule has 3 N–H and O–H groups in total. The van der Waals surface area contributed by atoms with Crippen LogP contribution in [0.3, 0.4) is 0 Å². The summed E-state index contributed by atoms with van der Waals surface area (Å²) in [4.78, 5) is 12.0. The van der Waals surface area contributed by atoms with Crippen LogP contribution in [0.25, 0.3) is 0 Å². The van der Waals surface area contributed by atoms with Crippen molar-refractivity contribution in [2.24, 2.45) is 5.92 Å². The standard InChI is InChI=1S/C16H23F2N3O3S.ClH/c1-11(2)8-21-25(23,24)13-5-3-12(4-6-13)9-19-15(22)14-7-16(17,18)10-20-14;/h3-6,11,14,20-21H,7-10H2,1-2H3,(H,19,22);1H. The zero-order valence-corrected chi connectivity index (χ0v) is 16.2. The summed E-state index contributed by atoms with van der Waals surface area (Å²) in [6.07, 6.45) is -0.516. The van der Waals surface area contributed by atoms with E-state index in [0.717, 1.165) is 0 Å². The second-order valence-corrected chi connectivity index (χ2v) is 8.37. The molecular weight excluding hydrogens is 388 g/mol. The molecule has 2 rings (SSSR count). The van der Waals surface area contributed by atoms with Crippen molar-refractivity contribution in [2.45, 2.75) is 43.7 Å². The molecule has 1 amide bonds. The molecule has 1 aromatic rings. The van der Waals surface area contributed by atoms with E-state index in [2.05, 4.69) is 15.4 Å². The average molecular weight is 412 g/mol. The highest BCUT2D eigenvalue weighted by Gasteiger charge is 2.42. The molecule has 1 unspecified atom stereocenters. The summed E-state index contributed by atoms with van der Waals surface area (Å²) in [5.74, 6) is -3.16. The maximum Gasteiger partial charge on any atom is 0.262 e. The average Bonchev–Trinajstić information content (AvgIpc) is 2.91. The lowest BCUT2D eigenvalue weighted by Crippen LogP contribution is -2.40. The van der Waals surface area contributed by atoms with E-state index in [1.807, 2.05) is 13.8 Å². The molecule has 1 heterocycles. The number of carbonyl (C=O) groups is 1. The van der Waals surface area contributed by atoms with Gasteiger partial charge < -0.3 is 5.32 Å². The molecule has 1 fully saturated rings. The Labute approximate surface area is 158 Å². The topological polar surface area (TPSA) is 87.3 Å². The van der Waals surface area contributed by atoms with Gasteiger partial charge in [0, 0.05) is 19.5 Å². The first-order valence-corrected chi connectivity index (χ1v) is 9.55. The Morgan fingerprint density at radius 2 is 1.92 bits per heavy atom. The molecule has 1 aromatic carbocycles. The fourth-order valence-corrected chi connectivity index (χ4v) is 3.57.